The Morgan fingerprint density at radius 2 is 1.68 bits per heavy atom. The van der Waals surface area contributed by atoms with Crippen LogP contribution in [0, 0.1) is 0 Å². The van der Waals surface area contributed by atoms with Crippen LogP contribution in [0.25, 0.3) is 0 Å². The van der Waals surface area contributed by atoms with Gasteiger partial charge in [0.25, 0.3) is 0 Å². The zero-order valence-corrected chi connectivity index (χ0v) is 12.7. The Kier molecular flexibility index (Phi) is 8.07. The molecule has 1 aliphatic heterocycles. The first-order valence-corrected chi connectivity index (χ1v) is 7.95. The van der Waals surface area contributed by atoms with Gasteiger partial charge in [0.1, 0.15) is 0 Å². The monoisotopic (exact) mass is 269 g/mol. The van der Waals surface area contributed by atoms with Crippen molar-refractivity contribution in [1.82, 2.24) is 9.80 Å². The van der Waals surface area contributed by atoms with E-state index in [0.29, 0.717) is 0 Å². The second kappa shape index (κ2) is 9.32. The van der Waals surface area contributed by atoms with Crippen LogP contribution >= 0.6 is 0 Å². The maximum atomic E-state index is 12.2. The quantitative estimate of drug-likeness (QED) is 0.684. The number of nitrogens with two attached hydrogens (primary N) is 1. The molecule has 0 aliphatic carbocycles. The molecule has 0 saturated carbocycles. The lowest BCUT2D eigenvalue weighted by Crippen LogP contribution is -2.53. The molecule has 0 bridgehead atoms. The van der Waals surface area contributed by atoms with E-state index < -0.39 is 0 Å². The second-order valence-electron chi connectivity index (χ2n) is 5.62. The summed E-state index contributed by atoms with van der Waals surface area (Å²) < 4.78 is 0. The highest BCUT2D eigenvalue weighted by Crippen LogP contribution is 2.08. The van der Waals surface area contributed by atoms with E-state index >= 15 is 0 Å². The van der Waals surface area contributed by atoms with Gasteiger partial charge >= 0.3 is 0 Å². The van der Waals surface area contributed by atoms with Crippen molar-refractivity contribution in [2.75, 3.05) is 32.7 Å². The zero-order chi connectivity index (χ0) is 14.1. The van der Waals surface area contributed by atoms with Gasteiger partial charge in [-0.3, -0.25) is 9.69 Å². The Morgan fingerprint density at radius 1 is 1.05 bits per heavy atom. The van der Waals surface area contributed by atoms with Crippen molar-refractivity contribution in [1.29, 1.82) is 0 Å². The van der Waals surface area contributed by atoms with Gasteiger partial charge in [0.05, 0.1) is 6.04 Å². The van der Waals surface area contributed by atoms with Gasteiger partial charge in [-0.15, -0.1) is 0 Å². The number of hydrogen-bond acceptors (Lipinski definition) is 3. The van der Waals surface area contributed by atoms with Gasteiger partial charge in [0.2, 0.25) is 5.91 Å². The molecule has 2 N–H and O–H groups in total. The zero-order valence-electron chi connectivity index (χ0n) is 12.7. The average molecular weight is 269 g/mol. The molecule has 0 aromatic carbocycles. The van der Waals surface area contributed by atoms with Crippen LogP contribution in [0.5, 0.6) is 0 Å². The van der Waals surface area contributed by atoms with Crippen LogP contribution in [-0.4, -0.2) is 54.5 Å². The number of rotatable bonds is 8. The number of nitrogens with zero attached hydrogens (tertiary/aromatic N) is 2. The first-order chi connectivity index (χ1) is 9.19. The minimum absolute atomic E-state index is 0.154. The van der Waals surface area contributed by atoms with Gasteiger partial charge in [0, 0.05) is 26.2 Å². The van der Waals surface area contributed by atoms with Gasteiger partial charge in [-0.1, -0.05) is 39.5 Å². The Labute approximate surface area is 118 Å². The standard InChI is InChI=1S/C15H31N3O/c1-3-5-7-9-17-10-12-18(13-11-17)15(19)14(16)8-6-4-2/h14H,3-13,16H2,1-2H3. The molecular weight excluding hydrogens is 238 g/mol. The van der Waals surface area contributed by atoms with E-state index in [1.165, 1.54) is 25.8 Å². The van der Waals surface area contributed by atoms with Gasteiger partial charge < -0.3 is 10.6 Å². The van der Waals surface area contributed by atoms with Gasteiger partial charge in [-0.05, 0) is 19.4 Å². The van der Waals surface area contributed by atoms with Crippen molar-refractivity contribution in [3.63, 3.8) is 0 Å². The fourth-order valence-corrected chi connectivity index (χ4v) is 2.56. The average Bonchev–Trinajstić information content (AvgIpc) is 2.45. The van der Waals surface area contributed by atoms with Crippen molar-refractivity contribution in [2.24, 2.45) is 5.73 Å². The summed E-state index contributed by atoms with van der Waals surface area (Å²) in [5, 5.41) is 0. The van der Waals surface area contributed by atoms with Crippen LogP contribution in [0.1, 0.15) is 52.4 Å². The summed E-state index contributed by atoms with van der Waals surface area (Å²) in [6.07, 6.45) is 6.83. The summed E-state index contributed by atoms with van der Waals surface area (Å²) in [7, 11) is 0. The number of carbonyl (C=O) groups excluding carboxylic acids is 1. The summed E-state index contributed by atoms with van der Waals surface area (Å²) in [4.78, 5) is 16.6. The Hall–Kier alpha value is -0.610. The van der Waals surface area contributed by atoms with Gasteiger partial charge in [-0.25, -0.2) is 0 Å². The maximum absolute atomic E-state index is 12.2. The van der Waals surface area contributed by atoms with Gasteiger partial charge in [0.15, 0.2) is 0 Å². The summed E-state index contributed by atoms with van der Waals surface area (Å²) in [6, 6.07) is -0.286. The van der Waals surface area contributed by atoms with E-state index in [-0.39, 0.29) is 11.9 Å². The SMILES string of the molecule is CCCCCN1CCN(C(=O)C(N)CCCC)CC1. The highest BCUT2D eigenvalue weighted by molar-refractivity contribution is 5.81. The molecule has 4 nitrogen and oxygen atoms in total. The predicted molar refractivity (Wildman–Crippen MR) is 80.0 cm³/mol. The topological polar surface area (TPSA) is 49.6 Å². The summed E-state index contributed by atoms with van der Waals surface area (Å²) in [5.41, 5.74) is 5.96. The number of unbranched alkanes of at least 4 members (excludes halogenated alkanes) is 3. The molecule has 112 valence electrons. The maximum Gasteiger partial charge on any atom is 0.239 e. The Morgan fingerprint density at radius 3 is 2.26 bits per heavy atom. The van der Waals surface area contributed by atoms with Crippen LogP contribution in [-0.2, 0) is 4.79 Å². The van der Waals surface area contributed by atoms with Crippen molar-refractivity contribution in [3.8, 4) is 0 Å². The molecule has 0 aromatic rings. The normalized spacial score (nSPS) is 18.6. The molecule has 1 saturated heterocycles. The first-order valence-electron chi connectivity index (χ1n) is 7.95. The third-order valence-electron chi connectivity index (χ3n) is 3.95. The van der Waals surface area contributed by atoms with E-state index in [4.69, 9.17) is 5.73 Å². The van der Waals surface area contributed by atoms with Crippen LogP contribution < -0.4 is 5.73 Å². The van der Waals surface area contributed by atoms with Crippen molar-refractivity contribution in [2.45, 2.75) is 58.4 Å². The van der Waals surface area contributed by atoms with E-state index in [1.54, 1.807) is 0 Å². The fourth-order valence-electron chi connectivity index (χ4n) is 2.56. The predicted octanol–water partition coefficient (Wildman–Crippen LogP) is 1.84. The molecular formula is C15H31N3O. The van der Waals surface area contributed by atoms with E-state index in [2.05, 4.69) is 18.7 Å². The molecule has 1 rings (SSSR count). The highest BCUT2D eigenvalue weighted by Gasteiger charge is 2.24. The van der Waals surface area contributed by atoms with E-state index in [1.807, 2.05) is 4.90 Å². The summed E-state index contributed by atoms with van der Waals surface area (Å²) >= 11 is 0. The lowest BCUT2D eigenvalue weighted by atomic mass is 10.1. The van der Waals surface area contributed by atoms with Crippen LogP contribution in [0.4, 0.5) is 0 Å². The molecule has 1 amide bonds. The third-order valence-corrected chi connectivity index (χ3v) is 3.95. The number of amides is 1. The fraction of sp³-hybridized carbons (Fsp3) is 0.933. The first kappa shape index (κ1) is 16.4. The number of piperazine rings is 1. The minimum Gasteiger partial charge on any atom is -0.339 e. The molecule has 1 unspecified atom stereocenters. The summed E-state index contributed by atoms with van der Waals surface area (Å²) in [5.74, 6) is 0.154. The van der Waals surface area contributed by atoms with Crippen LogP contribution in [0.15, 0.2) is 0 Å². The second-order valence-corrected chi connectivity index (χ2v) is 5.62. The molecule has 0 spiro atoms. The third kappa shape index (κ3) is 5.91. The smallest absolute Gasteiger partial charge is 0.239 e. The molecule has 1 heterocycles. The molecule has 4 heteroatoms. The Bertz CT molecular complexity index is 250. The highest BCUT2D eigenvalue weighted by atomic mass is 16.2. The van der Waals surface area contributed by atoms with Gasteiger partial charge in [-0.2, -0.15) is 0 Å². The number of hydrogen-bond donors (Lipinski definition) is 1. The van der Waals surface area contributed by atoms with E-state index in [9.17, 15) is 4.79 Å². The Balaban J connectivity index is 2.23. The van der Waals surface area contributed by atoms with Crippen molar-refractivity contribution < 1.29 is 4.79 Å². The van der Waals surface area contributed by atoms with Crippen LogP contribution in [0.3, 0.4) is 0 Å². The summed E-state index contributed by atoms with van der Waals surface area (Å²) in [6.45, 7) is 9.26. The number of carbonyl (C=O) groups is 1. The van der Waals surface area contributed by atoms with Crippen molar-refractivity contribution >= 4 is 5.91 Å². The van der Waals surface area contributed by atoms with Crippen LogP contribution in [0.2, 0.25) is 0 Å². The molecule has 0 radical (unpaired) electrons. The lowest BCUT2D eigenvalue weighted by molar-refractivity contribution is -0.134. The molecule has 0 aromatic heterocycles. The molecule has 1 aliphatic rings. The van der Waals surface area contributed by atoms with E-state index in [0.717, 1.165) is 45.4 Å². The largest absolute Gasteiger partial charge is 0.339 e. The lowest BCUT2D eigenvalue weighted by Gasteiger charge is -2.36. The molecule has 1 atom stereocenters. The van der Waals surface area contributed by atoms with Crippen molar-refractivity contribution in [3.05, 3.63) is 0 Å². The minimum atomic E-state index is -0.286. The molecule has 1 fully saturated rings. The molecule has 19 heavy (non-hydrogen) atoms.